The first-order valence-corrected chi connectivity index (χ1v) is 6.86. The quantitative estimate of drug-likeness (QED) is 0.841. The zero-order valence-corrected chi connectivity index (χ0v) is 11.8. The van der Waals surface area contributed by atoms with Crippen molar-refractivity contribution >= 4 is 11.3 Å². The summed E-state index contributed by atoms with van der Waals surface area (Å²) < 4.78 is 1.95. The van der Waals surface area contributed by atoms with Gasteiger partial charge in [0.2, 0.25) is 0 Å². The number of hydrogen-bond donors (Lipinski definition) is 1. The van der Waals surface area contributed by atoms with E-state index in [2.05, 4.69) is 47.1 Å². The molecule has 0 bridgehead atoms. The molecule has 0 unspecified atom stereocenters. The molecule has 0 amide bonds. The molecule has 102 valence electrons. The summed E-state index contributed by atoms with van der Waals surface area (Å²) in [6, 6.07) is 2.17. The van der Waals surface area contributed by atoms with Crippen LogP contribution in [0.15, 0.2) is 18.5 Å². The van der Waals surface area contributed by atoms with Crippen LogP contribution in [0.25, 0.3) is 5.52 Å². The highest BCUT2D eigenvalue weighted by Crippen LogP contribution is 2.26. The largest absolute Gasteiger partial charge is 0.352 e. The Morgan fingerprint density at radius 2 is 1.95 bits per heavy atom. The van der Waals surface area contributed by atoms with Crippen molar-refractivity contribution < 1.29 is 0 Å². The van der Waals surface area contributed by atoms with Gasteiger partial charge in [0.15, 0.2) is 5.82 Å². The number of rotatable bonds is 1. The molecule has 3 rings (SSSR count). The highest BCUT2D eigenvalue weighted by Gasteiger charge is 2.21. The molecule has 1 N–H and O–H groups in total. The molecule has 1 saturated heterocycles. The van der Waals surface area contributed by atoms with Crippen molar-refractivity contribution in [3.63, 3.8) is 0 Å². The molecule has 19 heavy (non-hydrogen) atoms. The molecule has 0 saturated carbocycles. The number of hydrogen-bond acceptors (Lipinski definition) is 4. The summed E-state index contributed by atoms with van der Waals surface area (Å²) in [5.41, 5.74) is 2.28. The normalized spacial score (nSPS) is 17.1. The molecule has 0 aromatic carbocycles. The fourth-order valence-electron chi connectivity index (χ4n) is 2.40. The molecule has 0 aliphatic carbocycles. The van der Waals surface area contributed by atoms with E-state index in [9.17, 15) is 0 Å². The van der Waals surface area contributed by atoms with Gasteiger partial charge in [0.05, 0.1) is 5.69 Å². The van der Waals surface area contributed by atoms with Gasteiger partial charge >= 0.3 is 0 Å². The Labute approximate surface area is 113 Å². The van der Waals surface area contributed by atoms with Gasteiger partial charge in [0.1, 0.15) is 5.52 Å². The van der Waals surface area contributed by atoms with Crippen molar-refractivity contribution in [2.45, 2.75) is 26.2 Å². The van der Waals surface area contributed by atoms with E-state index < -0.39 is 0 Å². The van der Waals surface area contributed by atoms with E-state index in [4.69, 9.17) is 0 Å². The number of fused-ring (bicyclic) bond motifs is 1. The molecular weight excluding hydrogens is 238 g/mol. The standard InChI is InChI=1S/C14H21N5/c1-14(2,3)12-10-11-13(16-6-9-19(11)17-12)18-7-4-15-5-8-18/h6,9-10,15H,4-5,7-8H2,1-3H3. The van der Waals surface area contributed by atoms with E-state index in [0.29, 0.717) is 0 Å². The lowest BCUT2D eigenvalue weighted by molar-refractivity contribution is 0.562. The van der Waals surface area contributed by atoms with Crippen molar-refractivity contribution in [1.82, 2.24) is 19.9 Å². The summed E-state index contributed by atoms with van der Waals surface area (Å²) in [7, 11) is 0. The maximum atomic E-state index is 4.67. The number of nitrogens with zero attached hydrogens (tertiary/aromatic N) is 4. The Kier molecular flexibility index (Phi) is 2.93. The SMILES string of the molecule is CC(C)(C)c1cc2c(N3CCNCC3)nccn2n1. The van der Waals surface area contributed by atoms with E-state index in [1.165, 1.54) is 0 Å². The van der Waals surface area contributed by atoms with Crippen LogP contribution in [0.5, 0.6) is 0 Å². The van der Waals surface area contributed by atoms with Crippen LogP contribution in [0.1, 0.15) is 26.5 Å². The monoisotopic (exact) mass is 259 g/mol. The number of nitrogens with one attached hydrogen (secondary N) is 1. The Hall–Kier alpha value is -1.62. The fraction of sp³-hybridized carbons (Fsp3) is 0.571. The first-order valence-electron chi connectivity index (χ1n) is 6.86. The number of aromatic nitrogens is 3. The summed E-state index contributed by atoms with van der Waals surface area (Å²) in [6.07, 6.45) is 3.76. The van der Waals surface area contributed by atoms with E-state index in [0.717, 1.165) is 43.2 Å². The Bertz CT molecular complexity index is 575. The van der Waals surface area contributed by atoms with E-state index >= 15 is 0 Å². The van der Waals surface area contributed by atoms with Crippen LogP contribution in [-0.2, 0) is 5.41 Å². The molecule has 2 aromatic heterocycles. The Balaban J connectivity index is 2.07. The van der Waals surface area contributed by atoms with Crippen LogP contribution in [0.2, 0.25) is 0 Å². The predicted molar refractivity (Wildman–Crippen MR) is 76.8 cm³/mol. The maximum absolute atomic E-state index is 4.67. The lowest BCUT2D eigenvalue weighted by Crippen LogP contribution is -2.44. The van der Waals surface area contributed by atoms with Crippen LogP contribution in [0.4, 0.5) is 5.82 Å². The average Bonchev–Trinajstić information content (AvgIpc) is 2.83. The maximum Gasteiger partial charge on any atom is 0.154 e. The molecule has 1 aliphatic rings. The third-order valence-electron chi connectivity index (χ3n) is 3.55. The van der Waals surface area contributed by atoms with Crippen LogP contribution in [0.3, 0.4) is 0 Å². The fourth-order valence-corrected chi connectivity index (χ4v) is 2.40. The van der Waals surface area contributed by atoms with Gasteiger partial charge in [-0.2, -0.15) is 5.10 Å². The molecule has 3 heterocycles. The van der Waals surface area contributed by atoms with E-state index in [1.807, 2.05) is 16.9 Å². The first kappa shape index (κ1) is 12.4. The van der Waals surface area contributed by atoms with Gasteiger partial charge in [-0.05, 0) is 6.07 Å². The van der Waals surface area contributed by atoms with Gasteiger partial charge in [0, 0.05) is 44.0 Å². The highest BCUT2D eigenvalue weighted by molar-refractivity contribution is 5.69. The highest BCUT2D eigenvalue weighted by atomic mass is 15.3. The number of piperazine rings is 1. The third-order valence-corrected chi connectivity index (χ3v) is 3.55. The van der Waals surface area contributed by atoms with Gasteiger partial charge in [-0.1, -0.05) is 20.8 Å². The molecule has 0 radical (unpaired) electrons. The molecule has 2 aromatic rings. The van der Waals surface area contributed by atoms with Crippen LogP contribution in [0, 0.1) is 0 Å². The van der Waals surface area contributed by atoms with Crippen LogP contribution < -0.4 is 10.2 Å². The molecule has 1 aliphatic heterocycles. The summed E-state index contributed by atoms with van der Waals surface area (Å²) in [4.78, 5) is 6.90. The molecule has 5 nitrogen and oxygen atoms in total. The first-order chi connectivity index (χ1) is 9.05. The van der Waals surface area contributed by atoms with Gasteiger partial charge in [-0.15, -0.1) is 0 Å². The minimum atomic E-state index is 0.0622. The predicted octanol–water partition coefficient (Wildman–Crippen LogP) is 1.44. The summed E-state index contributed by atoms with van der Waals surface area (Å²) in [6.45, 7) is 10.6. The Morgan fingerprint density at radius 3 is 2.63 bits per heavy atom. The summed E-state index contributed by atoms with van der Waals surface area (Å²) in [5, 5.41) is 8.04. The van der Waals surface area contributed by atoms with Crippen molar-refractivity contribution in [1.29, 1.82) is 0 Å². The van der Waals surface area contributed by atoms with Crippen molar-refractivity contribution in [2.24, 2.45) is 0 Å². The van der Waals surface area contributed by atoms with Crippen LogP contribution in [-0.4, -0.2) is 40.8 Å². The zero-order chi connectivity index (χ0) is 13.5. The average molecular weight is 259 g/mol. The smallest absolute Gasteiger partial charge is 0.154 e. The number of anilines is 1. The lowest BCUT2D eigenvalue weighted by atomic mass is 9.92. The van der Waals surface area contributed by atoms with Crippen molar-refractivity contribution in [3.05, 3.63) is 24.2 Å². The van der Waals surface area contributed by atoms with Gasteiger partial charge in [-0.3, -0.25) is 0 Å². The minimum absolute atomic E-state index is 0.0622. The zero-order valence-electron chi connectivity index (χ0n) is 11.8. The molecule has 0 spiro atoms. The topological polar surface area (TPSA) is 45.5 Å². The molecule has 0 atom stereocenters. The summed E-state index contributed by atoms with van der Waals surface area (Å²) in [5.74, 6) is 1.05. The molecule has 1 fully saturated rings. The second-order valence-corrected chi connectivity index (χ2v) is 6.10. The van der Waals surface area contributed by atoms with E-state index in [-0.39, 0.29) is 5.41 Å². The lowest BCUT2D eigenvalue weighted by Gasteiger charge is -2.28. The van der Waals surface area contributed by atoms with Crippen LogP contribution >= 0.6 is 0 Å². The second kappa shape index (κ2) is 4.49. The molecular formula is C14H21N5. The Morgan fingerprint density at radius 1 is 1.21 bits per heavy atom. The minimum Gasteiger partial charge on any atom is -0.352 e. The van der Waals surface area contributed by atoms with Crippen molar-refractivity contribution in [2.75, 3.05) is 31.1 Å². The van der Waals surface area contributed by atoms with Gasteiger partial charge in [0.25, 0.3) is 0 Å². The summed E-state index contributed by atoms with van der Waals surface area (Å²) >= 11 is 0. The van der Waals surface area contributed by atoms with Gasteiger partial charge in [-0.25, -0.2) is 9.50 Å². The second-order valence-electron chi connectivity index (χ2n) is 6.10. The molecule has 5 heteroatoms. The van der Waals surface area contributed by atoms with E-state index in [1.54, 1.807) is 0 Å². The van der Waals surface area contributed by atoms with Gasteiger partial charge < -0.3 is 10.2 Å². The third kappa shape index (κ3) is 2.30. The van der Waals surface area contributed by atoms with Crippen molar-refractivity contribution in [3.8, 4) is 0 Å².